The fraction of sp³-hybridized carbons (Fsp3) is 0.538. The first-order valence-electron chi connectivity index (χ1n) is 6.29. The van der Waals surface area contributed by atoms with E-state index in [9.17, 15) is 9.90 Å². The minimum Gasteiger partial charge on any atom is -0.397 e. The van der Waals surface area contributed by atoms with Gasteiger partial charge in [-0.3, -0.25) is 9.78 Å². The first-order valence-corrected chi connectivity index (χ1v) is 6.29. The topological polar surface area (TPSA) is 88.2 Å². The van der Waals surface area contributed by atoms with Gasteiger partial charge in [0.2, 0.25) is 5.91 Å². The highest BCUT2D eigenvalue weighted by Crippen LogP contribution is 2.25. The van der Waals surface area contributed by atoms with E-state index in [1.807, 2.05) is 0 Å². The van der Waals surface area contributed by atoms with Gasteiger partial charge in [0.1, 0.15) is 0 Å². The molecule has 0 saturated heterocycles. The Morgan fingerprint density at radius 2 is 2.33 bits per heavy atom. The number of hydrogen-bond acceptors (Lipinski definition) is 4. The summed E-state index contributed by atoms with van der Waals surface area (Å²) in [5.41, 5.74) is 6.84. The molecule has 5 nitrogen and oxygen atoms in total. The molecule has 1 aliphatic rings. The molecule has 1 heterocycles. The Hall–Kier alpha value is -1.62. The molecule has 1 aromatic heterocycles. The van der Waals surface area contributed by atoms with Crippen LogP contribution in [0.2, 0.25) is 0 Å². The van der Waals surface area contributed by atoms with Crippen LogP contribution in [0.4, 0.5) is 5.69 Å². The van der Waals surface area contributed by atoms with Crippen LogP contribution < -0.4 is 11.1 Å². The maximum absolute atomic E-state index is 11.9. The van der Waals surface area contributed by atoms with Crippen molar-refractivity contribution in [2.45, 2.75) is 31.7 Å². The summed E-state index contributed by atoms with van der Waals surface area (Å²) in [7, 11) is 0. The number of nitrogen functional groups attached to an aromatic ring is 1. The Balaban J connectivity index is 1.86. The number of rotatable bonds is 4. The largest absolute Gasteiger partial charge is 0.397 e. The Morgan fingerprint density at radius 1 is 1.50 bits per heavy atom. The van der Waals surface area contributed by atoms with Gasteiger partial charge in [-0.2, -0.15) is 0 Å². The van der Waals surface area contributed by atoms with E-state index in [0.717, 1.165) is 19.3 Å². The Bertz CT molecular complexity index is 405. The molecule has 0 aliphatic heterocycles. The molecule has 1 aliphatic carbocycles. The molecule has 1 saturated carbocycles. The molecule has 1 amide bonds. The van der Waals surface area contributed by atoms with Crippen molar-refractivity contribution in [3.63, 3.8) is 0 Å². The van der Waals surface area contributed by atoms with Crippen LogP contribution in [0.25, 0.3) is 0 Å². The minimum absolute atomic E-state index is 0.0439. The zero-order chi connectivity index (χ0) is 13.0. The number of aromatic nitrogens is 1. The summed E-state index contributed by atoms with van der Waals surface area (Å²) in [6.07, 6.45) is 4.81. The Labute approximate surface area is 106 Å². The van der Waals surface area contributed by atoms with Gasteiger partial charge >= 0.3 is 0 Å². The maximum atomic E-state index is 11.9. The second-order valence-electron chi connectivity index (χ2n) is 4.81. The van der Waals surface area contributed by atoms with Gasteiger partial charge in [0, 0.05) is 24.3 Å². The molecule has 2 atom stereocenters. The predicted molar refractivity (Wildman–Crippen MR) is 68.7 cm³/mol. The molecular weight excluding hydrogens is 230 g/mol. The first kappa shape index (κ1) is 12.8. The number of hydrogen-bond donors (Lipinski definition) is 3. The molecule has 0 radical (unpaired) electrons. The van der Waals surface area contributed by atoms with E-state index in [0.29, 0.717) is 11.4 Å². The molecule has 1 aromatic rings. The van der Waals surface area contributed by atoms with E-state index in [2.05, 4.69) is 10.3 Å². The third-order valence-corrected chi connectivity index (χ3v) is 3.43. The second-order valence-corrected chi connectivity index (χ2v) is 4.81. The van der Waals surface area contributed by atoms with Crippen molar-refractivity contribution in [2.24, 2.45) is 5.92 Å². The maximum Gasteiger partial charge on any atom is 0.226 e. The molecule has 0 spiro atoms. The van der Waals surface area contributed by atoms with Gasteiger partial charge < -0.3 is 16.2 Å². The van der Waals surface area contributed by atoms with Gasteiger partial charge in [0.25, 0.3) is 0 Å². The van der Waals surface area contributed by atoms with Crippen molar-refractivity contribution in [3.05, 3.63) is 24.0 Å². The molecule has 2 unspecified atom stereocenters. The Morgan fingerprint density at radius 3 is 3.00 bits per heavy atom. The third-order valence-electron chi connectivity index (χ3n) is 3.43. The van der Waals surface area contributed by atoms with Crippen molar-refractivity contribution in [3.8, 4) is 0 Å². The summed E-state index contributed by atoms with van der Waals surface area (Å²) in [5.74, 6) is 0.158. The number of aliphatic hydroxyl groups is 1. The third kappa shape index (κ3) is 3.20. The van der Waals surface area contributed by atoms with Gasteiger partial charge in [-0.25, -0.2) is 0 Å². The van der Waals surface area contributed by atoms with E-state index in [1.54, 1.807) is 18.3 Å². The van der Waals surface area contributed by atoms with Crippen LogP contribution >= 0.6 is 0 Å². The fourth-order valence-electron chi connectivity index (χ4n) is 2.41. The smallest absolute Gasteiger partial charge is 0.226 e. The highest BCUT2D eigenvalue weighted by Gasteiger charge is 2.27. The van der Waals surface area contributed by atoms with Crippen LogP contribution in [-0.4, -0.2) is 28.6 Å². The highest BCUT2D eigenvalue weighted by atomic mass is 16.3. The minimum atomic E-state index is -0.0439. The average Bonchev–Trinajstić information content (AvgIpc) is 2.79. The van der Waals surface area contributed by atoms with Crippen LogP contribution in [0, 0.1) is 5.92 Å². The molecule has 0 bridgehead atoms. The van der Waals surface area contributed by atoms with Crippen LogP contribution in [0.15, 0.2) is 18.3 Å². The van der Waals surface area contributed by atoms with Crippen LogP contribution in [0.1, 0.15) is 25.0 Å². The van der Waals surface area contributed by atoms with Gasteiger partial charge in [0.05, 0.1) is 18.3 Å². The zero-order valence-electron chi connectivity index (χ0n) is 10.3. The van der Waals surface area contributed by atoms with Crippen molar-refractivity contribution in [1.29, 1.82) is 0 Å². The molecule has 5 heteroatoms. The second kappa shape index (κ2) is 5.82. The number of aliphatic hydroxyl groups excluding tert-OH is 1. The van der Waals surface area contributed by atoms with Crippen LogP contribution in [0.5, 0.6) is 0 Å². The monoisotopic (exact) mass is 249 g/mol. The molecule has 0 aromatic carbocycles. The summed E-state index contributed by atoms with van der Waals surface area (Å²) in [6, 6.07) is 3.60. The number of pyridine rings is 1. The van der Waals surface area contributed by atoms with Crippen molar-refractivity contribution < 1.29 is 9.90 Å². The van der Waals surface area contributed by atoms with E-state index in [4.69, 9.17) is 5.73 Å². The first-order chi connectivity index (χ1) is 8.69. The standard InChI is InChI=1S/C13H19N3O2/c14-10-4-5-11(15-7-10)6-13(18)16-12-3-1-2-9(12)8-17/h4-5,7,9,12,17H,1-3,6,8,14H2,(H,16,18). The fourth-order valence-corrected chi connectivity index (χ4v) is 2.41. The lowest BCUT2D eigenvalue weighted by molar-refractivity contribution is -0.121. The van der Waals surface area contributed by atoms with Crippen molar-refractivity contribution >= 4 is 11.6 Å². The molecule has 2 rings (SSSR count). The number of amides is 1. The van der Waals surface area contributed by atoms with Crippen LogP contribution in [0.3, 0.4) is 0 Å². The van der Waals surface area contributed by atoms with E-state index in [1.165, 1.54) is 0 Å². The predicted octanol–water partition coefficient (Wildman–Crippen LogP) is 0.483. The lowest BCUT2D eigenvalue weighted by atomic mass is 10.0. The normalized spacial score (nSPS) is 22.9. The number of nitrogens with one attached hydrogen (secondary N) is 1. The summed E-state index contributed by atoms with van der Waals surface area (Å²) in [4.78, 5) is 15.9. The molecule has 98 valence electrons. The quantitative estimate of drug-likeness (QED) is 0.724. The molecule has 4 N–H and O–H groups in total. The van der Waals surface area contributed by atoms with Crippen LogP contribution in [-0.2, 0) is 11.2 Å². The lowest BCUT2D eigenvalue weighted by Crippen LogP contribution is -2.39. The summed E-state index contributed by atoms with van der Waals surface area (Å²) < 4.78 is 0. The highest BCUT2D eigenvalue weighted by molar-refractivity contribution is 5.78. The number of nitrogens with zero attached hydrogens (tertiary/aromatic N) is 1. The summed E-state index contributed by atoms with van der Waals surface area (Å²) >= 11 is 0. The van der Waals surface area contributed by atoms with Crippen molar-refractivity contribution in [1.82, 2.24) is 10.3 Å². The Kier molecular flexibility index (Phi) is 4.15. The SMILES string of the molecule is Nc1ccc(CC(=O)NC2CCCC2CO)nc1. The van der Waals surface area contributed by atoms with Gasteiger partial charge in [-0.05, 0) is 25.0 Å². The van der Waals surface area contributed by atoms with Gasteiger partial charge in [0.15, 0.2) is 0 Å². The van der Waals surface area contributed by atoms with Gasteiger partial charge in [-0.15, -0.1) is 0 Å². The van der Waals surface area contributed by atoms with E-state index >= 15 is 0 Å². The molecule has 1 fully saturated rings. The lowest BCUT2D eigenvalue weighted by Gasteiger charge is -2.18. The number of nitrogens with two attached hydrogens (primary N) is 1. The molecular formula is C13H19N3O2. The summed E-state index contributed by atoms with van der Waals surface area (Å²) in [6.45, 7) is 0.144. The zero-order valence-corrected chi connectivity index (χ0v) is 10.3. The summed E-state index contributed by atoms with van der Waals surface area (Å²) in [5, 5.41) is 12.2. The number of anilines is 1. The van der Waals surface area contributed by atoms with Crippen molar-refractivity contribution in [2.75, 3.05) is 12.3 Å². The molecule has 18 heavy (non-hydrogen) atoms. The van der Waals surface area contributed by atoms with E-state index < -0.39 is 0 Å². The van der Waals surface area contributed by atoms with E-state index in [-0.39, 0.29) is 30.9 Å². The number of carbonyl (C=O) groups is 1. The average molecular weight is 249 g/mol. The number of carbonyl (C=O) groups excluding carboxylic acids is 1. The van der Waals surface area contributed by atoms with Gasteiger partial charge in [-0.1, -0.05) is 6.42 Å².